The Morgan fingerprint density at radius 2 is 1.77 bits per heavy atom. The van der Waals surface area contributed by atoms with E-state index in [1.54, 1.807) is 0 Å². The Bertz CT molecular complexity index is 572. The molecule has 22 heavy (non-hydrogen) atoms. The molecule has 2 rings (SSSR count). The van der Waals surface area contributed by atoms with E-state index in [-0.39, 0.29) is 5.75 Å². The smallest absolute Gasteiger partial charge is 0.211 e. The Morgan fingerprint density at radius 1 is 1.14 bits per heavy atom. The van der Waals surface area contributed by atoms with Gasteiger partial charge in [-0.15, -0.1) is 0 Å². The third kappa shape index (κ3) is 5.52. The molecule has 0 saturated carbocycles. The van der Waals surface area contributed by atoms with Crippen LogP contribution in [0.15, 0.2) is 24.3 Å². The maximum Gasteiger partial charge on any atom is 0.211 e. The lowest BCUT2D eigenvalue weighted by Crippen LogP contribution is -2.46. The van der Waals surface area contributed by atoms with Crippen LogP contribution in [0.1, 0.15) is 12.0 Å². The molecule has 0 atom stereocenters. The summed E-state index contributed by atoms with van der Waals surface area (Å²) in [5.41, 5.74) is 1.16. The number of rotatable bonds is 7. The molecule has 0 unspecified atom stereocenters. The molecule has 1 aromatic carbocycles. The summed E-state index contributed by atoms with van der Waals surface area (Å²) in [7, 11) is -1.62. The molecule has 0 amide bonds. The first-order valence-corrected chi connectivity index (χ1v) is 9.62. The first kappa shape index (κ1) is 17.7. The van der Waals surface area contributed by atoms with Crippen molar-refractivity contribution >= 4 is 21.6 Å². The van der Waals surface area contributed by atoms with Gasteiger partial charge in [0.2, 0.25) is 10.0 Å². The fourth-order valence-corrected chi connectivity index (χ4v) is 3.53. The predicted molar refractivity (Wildman–Crippen MR) is 90.6 cm³/mol. The van der Waals surface area contributed by atoms with Crippen LogP contribution in [0, 0.1) is 0 Å². The molecule has 0 spiro atoms. The quantitative estimate of drug-likeness (QED) is 0.811. The molecule has 124 valence electrons. The average Bonchev–Trinajstić information content (AvgIpc) is 2.51. The monoisotopic (exact) mass is 345 g/mol. The summed E-state index contributed by atoms with van der Waals surface area (Å²) in [6.45, 7) is 5.64. The molecular formula is C15H24ClN3O2S. The molecule has 0 radical (unpaired) electrons. The zero-order chi connectivity index (χ0) is 16.0. The maximum absolute atomic E-state index is 11.4. The van der Waals surface area contributed by atoms with Gasteiger partial charge in [-0.3, -0.25) is 4.90 Å². The number of benzene rings is 1. The van der Waals surface area contributed by atoms with Crippen LogP contribution in [0.2, 0.25) is 5.02 Å². The van der Waals surface area contributed by atoms with Crippen LogP contribution in [-0.2, 0) is 16.6 Å². The van der Waals surface area contributed by atoms with Crippen LogP contribution in [0.4, 0.5) is 0 Å². The van der Waals surface area contributed by atoms with E-state index in [0.717, 1.165) is 49.9 Å². The van der Waals surface area contributed by atoms with Crippen LogP contribution < -0.4 is 4.72 Å². The summed E-state index contributed by atoms with van der Waals surface area (Å²) in [6, 6.07) is 7.95. The third-order valence-corrected chi connectivity index (χ3v) is 5.83. The van der Waals surface area contributed by atoms with Gasteiger partial charge < -0.3 is 4.90 Å². The van der Waals surface area contributed by atoms with Gasteiger partial charge in [-0.1, -0.05) is 29.8 Å². The zero-order valence-corrected chi connectivity index (χ0v) is 14.5. The second-order valence-electron chi connectivity index (χ2n) is 5.59. The SMILES string of the molecule is CNS(=O)(=O)CCCN1CCN(Cc2ccccc2Cl)CC1. The number of halogens is 1. The van der Waals surface area contributed by atoms with E-state index >= 15 is 0 Å². The van der Waals surface area contributed by atoms with Crippen molar-refractivity contribution in [3.05, 3.63) is 34.9 Å². The number of hydrogen-bond acceptors (Lipinski definition) is 4. The fourth-order valence-electron chi connectivity index (χ4n) is 2.62. The van der Waals surface area contributed by atoms with E-state index in [2.05, 4.69) is 20.6 Å². The van der Waals surface area contributed by atoms with E-state index in [4.69, 9.17) is 11.6 Å². The fraction of sp³-hybridized carbons (Fsp3) is 0.600. The molecule has 1 saturated heterocycles. The van der Waals surface area contributed by atoms with Gasteiger partial charge in [0.1, 0.15) is 0 Å². The molecule has 0 bridgehead atoms. The Kier molecular flexibility index (Phi) is 6.65. The first-order chi connectivity index (χ1) is 10.5. The zero-order valence-electron chi connectivity index (χ0n) is 13.0. The number of sulfonamides is 1. The lowest BCUT2D eigenvalue weighted by atomic mass is 10.2. The van der Waals surface area contributed by atoms with E-state index in [0.29, 0.717) is 6.42 Å². The van der Waals surface area contributed by atoms with Gasteiger partial charge in [0.05, 0.1) is 5.75 Å². The van der Waals surface area contributed by atoms with Crippen LogP contribution in [-0.4, -0.2) is 63.7 Å². The second-order valence-corrected chi connectivity index (χ2v) is 8.04. The van der Waals surface area contributed by atoms with Crippen LogP contribution in [0.25, 0.3) is 0 Å². The molecule has 1 N–H and O–H groups in total. The molecule has 7 heteroatoms. The van der Waals surface area contributed by atoms with Gasteiger partial charge >= 0.3 is 0 Å². The largest absolute Gasteiger partial charge is 0.301 e. The van der Waals surface area contributed by atoms with Crippen molar-refractivity contribution in [1.29, 1.82) is 0 Å². The summed E-state index contributed by atoms with van der Waals surface area (Å²) < 4.78 is 25.1. The predicted octanol–water partition coefficient (Wildman–Crippen LogP) is 1.40. The summed E-state index contributed by atoms with van der Waals surface area (Å²) in [5, 5.41) is 0.821. The van der Waals surface area contributed by atoms with Crippen LogP contribution >= 0.6 is 11.6 Å². The van der Waals surface area contributed by atoms with Gasteiger partial charge in [0, 0.05) is 37.7 Å². The highest BCUT2D eigenvalue weighted by molar-refractivity contribution is 7.89. The van der Waals surface area contributed by atoms with Crippen molar-refractivity contribution in [2.45, 2.75) is 13.0 Å². The van der Waals surface area contributed by atoms with E-state index in [9.17, 15) is 8.42 Å². The average molecular weight is 346 g/mol. The molecule has 5 nitrogen and oxygen atoms in total. The van der Waals surface area contributed by atoms with Crippen molar-refractivity contribution in [3.8, 4) is 0 Å². The normalized spacial score (nSPS) is 17.7. The lowest BCUT2D eigenvalue weighted by molar-refractivity contribution is 0.127. The highest BCUT2D eigenvalue weighted by Gasteiger charge is 2.18. The maximum atomic E-state index is 11.4. The third-order valence-electron chi connectivity index (χ3n) is 4.02. The minimum absolute atomic E-state index is 0.198. The van der Waals surface area contributed by atoms with Crippen LogP contribution in [0.3, 0.4) is 0 Å². The summed E-state index contributed by atoms with van der Waals surface area (Å²) in [5.74, 6) is 0.198. The Balaban J connectivity index is 1.71. The van der Waals surface area contributed by atoms with Gasteiger partial charge in [-0.05, 0) is 31.6 Å². The van der Waals surface area contributed by atoms with Crippen molar-refractivity contribution in [2.75, 3.05) is 45.5 Å². The molecule has 0 aromatic heterocycles. The standard InChI is InChI=1S/C15H24ClN3O2S/c1-17-22(20,21)12-4-7-18-8-10-19(11-9-18)13-14-5-2-3-6-15(14)16/h2-3,5-6,17H,4,7-13H2,1H3. The topological polar surface area (TPSA) is 52.7 Å². The Morgan fingerprint density at radius 3 is 2.41 bits per heavy atom. The van der Waals surface area contributed by atoms with Crippen molar-refractivity contribution in [3.63, 3.8) is 0 Å². The highest BCUT2D eigenvalue weighted by atomic mass is 35.5. The molecule has 1 fully saturated rings. The number of hydrogen-bond donors (Lipinski definition) is 1. The van der Waals surface area contributed by atoms with Gasteiger partial charge in [0.15, 0.2) is 0 Å². The van der Waals surface area contributed by atoms with Crippen molar-refractivity contribution < 1.29 is 8.42 Å². The molecule has 0 aliphatic carbocycles. The van der Waals surface area contributed by atoms with Crippen LogP contribution in [0.5, 0.6) is 0 Å². The Hall–Kier alpha value is -0.660. The second kappa shape index (κ2) is 8.26. The molecule has 1 aromatic rings. The number of nitrogens with zero attached hydrogens (tertiary/aromatic N) is 2. The van der Waals surface area contributed by atoms with Gasteiger partial charge in [-0.2, -0.15) is 0 Å². The van der Waals surface area contributed by atoms with Gasteiger partial charge in [0.25, 0.3) is 0 Å². The van der Waals surface area contributed by atoms with Crippen molar-refractivity contribution in [1.82, 2.24) is 14.5 Å². The van der Waals surface area contributed by atoms with Crippen molar-refractivity contribution in [2.24, 2.45) is 0 Å². The van der Waals surface area contributed by atoms with E-state index < -0.39 is 10.0 Å². The first-order valence-electron chi connectivity index (χ1n) is 7.59. The summed E-state index contributed by atoms with van der Waals surface area (Å²) in [4.78, 5) is 4.72. The molecule has 1 heterocycles. The minimum Gasteiger partial charge on any atom is -0.301 e. The number of nitrogens with one attached hydrogen (secondary N) is 1. The molecular weight excluding hydrogens is 322 g/mol. The van der Waals surface area contributed by atoms with E-state index in [1.165, 1.54) is 7.05 Å². The van der Waals surface area contributed by atoms with E-state index in [1.807, 2.05) is 18.2 Å². The highest BCUT2D eigenvalue weighted by Crippen LogP contribution is 2.17. The Labute approximate surface area is 138 Å². The summed E-state index contributed by atoms with van der Waals surface area (Å²) >= 11 is 6.20. The minimum atomic E-state index is -3.08. The van der Waals surface area contributed by atoms with Gasteiger partial charge in [-0.25, -0.2) is 13.1 Å². The molecule has 1 aliphatic rings. The number of piperazine rings is 1. The lowest BCUT2D eigenvalue weighted by Gasteiger charge is -2.34. The summed E-state index contributed by atoms with van der Waals surface area (Å²) in [6.07, 6.45) is 0.674. The molecule has 1 aliphatic heterocycles.